The maximum atomic E-state index is 11.5. The molecule has 0 amide bonds. The van der Waals surface area contributed by atoms with Gasteiger partial charge in [-0.25, -0.2) is 0 Å². The van der Waals surface area contributed by atoms with E-state index < -0.39 is 0 Å². The molecule has 0 aromatic heterocycles. The Hall–Kier alpha value is -0.610. The molecule has 1 N–H and O–H groups in total. The molecule has 1 saturated heterocycles. The molecule has 0 aliphatic carbocycles. The monoisotopic (exact) mass is 231 g/mol. The van der Waals surface area contributed by atoms with Gasteiger partial charge in [-0.3, -0.25) is 4.79 Å². The number of rotatable bonds is 5. The van der Waals surface area contributed by atoms with Crippen LogP contribution >= 0.6 is 0 Å². The zero-order valence-electron chi connectivity index (χ0n) is 10.9. The molecule has 0 aromatic rings. The predicted molar refractivity (Wildman–Crippen MR) is 64.4 cm³/mol. The van der Waals surface area contributed by atoms with Gasteiger partial charge in [0, 0.05) is 12.6 Å². The van der Waals surface area contributed by atoms with Gasteiger partial charge >= 0.3 is 5.97 Å². The second-order valence-corrected chi connectivity index (χ2v) is 3.37. The van der Waals surface area contributed by atoms with Crippen molar-refractivity contribution in [3.05, 3.63) is 0 Å². The Kier molecular flexibility index (Phi) is 9.24. The quantitative estimate of drug-likeness (QED) is 0.730. The van der Waals surface area contributed by atoms with Crippen LogP contribution in [0.2, 0.25) is 0 Å². The second kappa shape index (κ2) is 9.60. The molecule has 0 bridgehead atoms. The summed E-state index contributed by atoms with van der Waals surface area (Å²) in [7, 11) is 0. The van der Waals surface area contributed by atoms with Crippen LogP contribution in [0.4, 0.5) is 0 Å². The van der Waals surface area contributed by atoms with Gasteiger partial charge in [0.05, 0.1) is 19.1 Å². The van der Waals surface area contributed by atoms with Crippen LogP contribution in [0.3, 0.4) is 0 Å². The van der Waals surface area contributed by atoms with E-state index in [1.807, 2.05) is 27.7 Å². The fraction of sp³-hybridized carbons (Fsp3) is 0.917. The summed E-state index contributed by atoms with van der Waals surface area (Å²) < 4.78 is 10.3. The van der Waals surface area contributed by atoms with Crippen molar-refractivity contribution in [1.82, 2.24) is 5.32 Å². The Labute approximate surface area is 98.7 Å². The first-order valence-corrected chi connectivity index (χ1v) is 6.27. The zero-order valence-corrected chi connectivity index (χ0v) is 10.9. The average Bonchev–Trinajstić information content (AvgIpc) is 2.77. The van der Waals surface area contributed by atoms with Crippen molar-refractivity contribution in [3.63, 3.8) is 0 Å². The third-order valence-corrected chi connectivity index (χ3v) is 2.44. The van der Waals surface area contributed by atoms with Crippen molar-refractivity contribution in [2.24, 2.45) is 5.92 Å². The lowest BCUT2D eigenvalue weighted by molar-refractivity contribution is -0.148. The molecule has 0 aromatic carbocycles. The summed E-state index contributed by atoms with van der Waals surface area (Å²) in [5.41, 5.74) is 0. The molecule has 2 atom stereocenters. The zero-order chi connectivity index (χ0) is 12.4. The lowest BCUT2D eigenvalue weighted by Crippen LogP contribution is -2.36. The van der Waals surface area contributed by atoms with Crippen molar-refractivity contribution in [2.45, 2.75) is 40.2 Å². The van der Waals surface area contributed by atoms with Crippen LogP contribution in [0.25, 0.3) is 0 Å². The van der Waals surface area contributed by atoms with Crippen LogP contribution in [-0.4, -0.2) is 38.4 Å². The summed E-state index contributed by atoms with van der Waals surface area (Å²) in [5.74, 6) is -0.122. The van der Waals surface area contributed by atoms with Gasteiger partial charge in [-0.1, -0.05) is 13.8 Å². The molecule has 16 heavy (non-hydrogen) atoms. The molecule has 2 unspecified atom stereocenters. The number of nitrogens with one attached hydrogen (secondary N) is 1. The number of hydrogen-bond acceptors (Lipinski definition) is 4. The summed E-state index contributed by atoms with van der Waals surface area (Å²) in [5, 5.41) is 3.25. The van der Waals surface area contributed by atoms with Crippen molar-refractivity contribution >= 4 is 5.97 Å². The van der Waals surface area contributed by atoms with E-state index in [2.05, 4.69) is 5.32 Å². The maximum absolute atomic E-state index is 11.5. The molecule has 4 nitrogen and oxygen atoms in total. The van der Waals surface area contributed by atoms with Gasteiger partial charge in [0.2, 0.25) is 0 Å². The molecule has 96 valence electrons. The molecule has 0 saturated carbocycles. The Morgan fingerprint density at radius 2 is 2.00 bits per heavy atom. The molecular formula is C12H25NO3. The smallest absolute Gasteiger partial charge is 0.310 e. The number of ether oxygens (including phenoxy) is 2. The van der Waals surface area contributed by atoms with E-state index in [4.69, 9.17) is 9.47 Å². The number of carbonyl (C=O) groups excluding carboxylic acids is 1. The molecule has 0 spiro atoms. The van der Waals surface area contributed by atoms with Gasteiger partial charge in [-0.15, -0.1) is 0 Å². The summed E-state index contributed by atoms with van der Waals surface area (Å²) >= 11 is 0. The topological polar surface area (TPSA) is 47.6 Å². The normalized spacial score (nSPS) is 23.5. The number of carbonyl (C=O) groups is 1. The van der Waals surface area contributed by atoms with E-state index in [0.29, 0.717) is 19.8 Å². The SMILES string of the molecule is CC.CCOCC1NCCC1C(=O)OCC. The number of hydrogen-bond donors (Lipinski definition) is 1. The highest BCUT2D eigenvalue weighted by Gasteiger charge is 2.33. The van der Waals surface area contributed by atoms with E-state index in [1.165, 1.54) is 0 Å². The van der Waals surface area contributed by atoms with Crippen molar-refractivity contribution in [1.29, 1.82) is 0 Å². The van der Waals surface area contributed by atoms with Gasteiger partial charge in [0.1, 0.15) is 0 Å². The summed E-state index contributed by atoms with van der Waals surface area (Å²) in [6.45, 7) is 10.4. The highest BCUT2D eigenvalue weighted by atomic mass is 16.5. The first-order chi connectivity index (χ1) is 7.79. The van der Waals surface area contributed by atoms with Crippen LogP contribution in [-0.2, 0) is 14.3 Å². The summed E-state index contributed by atoms with van der Waals surface area (Å²) in [6, 6.07) is 0.133. The Balaban J connectivity index is 0.00000106. The standard InChI is InChI=1S/C10H19NO3.C2H6/c1-3-13-7-9-8(5-6-11-9)10(12)14-4-2;1-2/h8-9,11H,3-7H2,1-2H3;1-2H3. The molecule has 0 radical (unpaired) electrons. The molecule has 1 heterocycles. The highest BCUT2D eigenvalue weighted by Crippen LogP contribution is 2.17. The van der Waals surface area contributed by atoms with Gasteiger partial charge in [-0.05, 0) is 26.8 Å². The first kappa shape index (κ1) is 15.4. The van der Waals surface area contributed by atoms with Gasteiger partial charge in [-0.2, -0.15) is 0 Å². The molecular weight excluding hydrogens is 206 g/mol. The first-order valence-electron chi connectivity index (χ1n) is 6.27. The van der Waals surface area contributed by atoms with E-state index >= 15 is 0 Å². The largest absolute Gasteiger partial charge is 0.466 e. The average molecular weight is 231 g/mol. The lowest BCUT2D eigenvalue weighted by Gasteiger charge is -2.17. The predicted octanol–water partition coefficient (Wildman–Crippen LogP) is 1.59. The lowest BCUT2D eigenvalue weighted by atomic mass is 10.0. The molecule has 1 rings (SSSR count). The van der Waals surface area contributed by atoms with Gasteiger partial charge in [0.25, 0.3) is 0 Å². The van der Waals surface area contributed by atoms with E-state index in [0.717, 1.165) is 13.0 Å². The van der Waals surface area contributed by atoms with Crippen LogP contribution in [0.5, 0.6) is 0 Å². The Bertz CT molecular complexity index is 185. The van der Waals surface area contributed by atoms with Crippen molar-refractivity contribution in [2.75, 3.05) is 26.4 Å². The maximum Gasteiger partial charge on any atom is 0.310 e. The van der Waals surface area contributed by atoms with Gasteiger partial charge in [0.15, 0.2) is 0 Å². The second-order valence-electron chi connectivity index (χ2n) is 3.37. The fourth-order valence-electron chi connectivity index (χ4n) is 1.72. The van der Waals surface area contributed by atoms with Crippen molar-refractivity contribution in [3.8, 4) is 0 Å². The molecule has 1 fully saturated rings. The Morgan fingerprint density at radius 1 is 1.31 bits per heavy atom. The van der Waals surface area contributed by atoms with Crippen LogP contribution < -0.4 is 5.32 Å². The minimum Gasteiger partial charge on any atom is -0.466 e. The van der Waals surface area contributed by atoms with E-state index in [-0.39, 0.29) is 17.9 Å². The summed E-state index contributed by atoms with van der Waals surface area (Å²) in [4.78, 5) is 11.5. The summed E-state index contributed by atoms with van der Waals surface area (Å²) in [6.07, 6.45) is 0.858. The highest BCUT2D eigenvalue weighted by molar-refractivity contribution is 5.73. The van der Waals surface area contributed by atoms with Crippen molar-refractivity contribution < 1.29 is 14.3 Å². The molecule has 1 aliphatic rings. The van der Waals surface area contributed by atoms with E-state index in [1.54, 1.807) is 0 Å². The van der Waals surface area contributed by atoms with E-state index in [9.17, 15) is 4.79 Å². The molecule has 1 aliphatic heterocycles. The minimum absolute atomic E-state index is 0.0264. The minimum atomic E-state index is -0.0952. The fourth-order valence-corrected chi connectivity index (χ4v) is 1.72. The number of esters is 1. The third kappa shape index (κ3) is 4.94. The van der Waals surface area contributed by atoms with Gasteiger partial charge < -0.3 is 14.8 Å². The van der Waals surface area contributed by atoms with Crippen LogP contribution in [0.15, 0.2) is 0 Å². The van der Waals surface area contributed by atoms with Crippen LogP contribution in [0.1, 0.15) is 34.1 Å². The van der Waals surface area contributed by atoms with Crippen LogP contribution in [0, 0.1) is 5.92 Å². The third-order valence-electron chi connectivity index (χ3n) is 2.44. The Morgan fingerprint density at radius 3 is 2.56 bits per heavy atom. The molecule has 4 heteroatoms.